The first-order valence-corrected chi connectivity index (χ1v) is 7.34. The Morgan fingerprint density at radius 1 is 1.32 bits per heavy atom. The lowest BCUT2D eigenvalue weighted by atomic mass is 9.93. The summed E-state index contributed by atoms with van der Waals surface area (Å²) in [6.07, 6.45) is 6.46. The number of nitrogens with two attached hydrogens (primary N) is 1. The van der Waals surface area contributed by atoms with Crippen molar-refractivity contribution in [2.24, 2.45) is 5.92 Å². The molecule has 4 heteroatoms. The van der Waals surface area contributed by atoms with Gasteiger partial charge in [0.25, 0.3) is 5.91 Å². The molecule has 1 saturated carbocycles. The molecule has 2 fully saturated rings. The van der Waals surface area contributed by atoms with Crippen LogP contribution in [-0.4, -0.2) is 28.0 Å². The molecule has 19 heavy (non-hydrogen) atoms. The number of nitrogen functional groups attached to an aromatic ring is 1. The fraction of sp³-hybridized carbons (Fsp3) is 0.667. The lowest BCUT2D eigenvalue weighted by Gasteiger charge is -2.36. The molecule has 2 aliphatic rings. The Hall–Kier alpha value is -1.45. The third-order valence-corrected chi connectivity index (χ3v) is 4.43. The summed E-state index contributed by atoms with van der Waals surface area (Å²) < 4.78 is 2.09. The number of carbonyl (C=O) groups is 1. The van der Waals surface area contributed by atoms with E-state index in [4.69, 9.17) is 5.73 Å². The number of hydrogen-bond donors (Lipinski definition) is 1. The number of piperidine rings is 1. The number of amides is 1. The van der Waals surface area contributed by atoms with Crippen LogP contribution in [0, 0.1) is 5.92 Å². The predicted molar refractivity (Wildman–Crippen MR) is 76.0 cm³/mol. The van der Waals surface area contributed by atoms with Crippen LogP contribution in [0.5, 0.6) is 0 Å². The van der Waals surface area contributed by atoms with E-state index >= 15 is 0 Å². The van der Waals surface area contributed by atoms with E-state index in [9.17, 15) is 4.79 Å². The monoisotopic (exact) mass is 261 g/mol. The zero-order chi connectivity index (χ0) is 13.6. The van der Waals surface area contributed by atoms with Crippen molar-refractivity contribution in [3.63, 3.8) is 0 Å². The van der Waals surface area contributed by atoms with E-state index in [-0.39, 0.29) is 5.91 Å². The molecule has 1 saturated heterocycles. The molecule has 1 aromatic heterocycles. The van der Waals surface area contributed by atoms with Gasteiger partial charge in [-0.2, -0.15) is 0 Å². The Balaban J connectivity index is 1.83. The summed E-state index contributed by atoms with van der Waals surface area (Å²) in [5, 5.41) is 0. The molecule has 2 unspecified atom stereocenters. The molecule has 1 aliphatic heterocycles. The first kappa shape index (κ1) is 12.6. The lowest BCUT2D eigenvalue weighted by Crippen LogP contribution is -2.44. The van der Waals surface area contributed by atoms with Gasteiger partial charge in [-0.25, -0.2) is 0 Å². The third-order valence-electron chi connectivity index (χ3n) is 4.43. The van der Waals surface area contributed by atoms with Gasteiger partial charge >= 0.3 is 0 Å². The van der Waals surface area contributed by atoms with E-state index in [2.05, 4.69) is 18.4 Å². The van der Waals surface area contributed by atoms with E-state index in [1.54, 1.807) is 0 Å². The quantitative estimate of drug-likeness (QED) is 0.889. The molecule has 1 amide bonds. The van der Waals surface area contributed by atoms with Crippen LogP contribution < -0.4 is 5.73 Å². The van der Waals surface area contributed by atoms with Gasteiger partial charge in [-0.1, -0.05) is 6.92 Å². The maximum atomic E-state index is 12.7. The number of carbonyl (C=O) groups excluding carboxylic acids is 1. The zero-order valence-electron chi connectivity index (χ0n) is 11.8. The molecule has 1 aromatic rings. The van der Waals surface area contributed by atoms with Crippen molar-refractivity contribution < 1.29 is 4.79 Å². The molecule has 2 atom stereocenters. The molecule has 104 valence electrons. The molecule has 4 nitrogen and oxygen atoms in total. The van der Waals surface area contributed by atoms with Crippen molar-refractivity contribution in [1.82, 2.24) is 9.47 Å². The molecule has 0 bridgehead atoms. The van der Waals surface area contributed by atoms with Crippen molar-refractivity contribution in [3.8, 4) is 0 Å². The van der Waals surface area contributed by atoms with Crippen LogP contribution in [0.1, 0.15) is 56.1 Å². The number of nitrogens with zero attached hydrogens (tertiary/aromatic N) is 2. The van der Waals surface area contributed by atoms with Gasteiger partial charge in [0.1, 0.15) is 5.69 Å². The minimum atomic E-state index is 0.156. The SMILES string of the molecule is CC1CCN(C(=O)c2cc(N)cn2C2CC2)C(C)C1. The van der Waals surface area contributed by atoms with E-state index in [0.717, 1.165) is 31.0 Å². The molecule has 2 heterocycles. The maximum absolute atomic E-state index is 12.7. The van der Waals surface area contributed by atoms with Crippen LogP contribution in [0.2, 0.25) is 0 Å². The van der Waals surface area contributed by atoms with E-state index in [1.807, 2.05) is 17.2 Å². The summed E-state index contributed by atoms with van der Waals surface area (Å²) in [5.41, 5.74) is 7.36. The summed E-state index contributed by atoms with van der Waals surface area (Å²) >= 11 is 0. The fourth-order valence-electron chi connectivity index (χ4n) is 3.18. The van der Waals surface area contributed by atoms with Crippen LogP contribution in [0.15, 0.2) is 12.3 Å². The highest BCUT2D eigenvalue weighted by atomic mass is 16.2. The summed E-state index contributed by atoms with van der Waals surface area (Å²) in [7, 11) is 0. The smallest absolute Gasteiger partial charge is 0.270 e. The van der Waals surface area contributed by atoms with Crippen molar-refractivity contribution >= 4 is 11.6 Å². The van der Waals surface area contributed by atoms with Gasteiger partial charge < -0.3 is 15.2 Å². The van der Waals surface area contributed by atoms with Gasteiger partial charge in [0.15, 0.2) is 0 Å². The Labute approximate surface area is 114 Å². The Morgan fingerprint density at radius 2 is 2.05 bits per heavy atom. The van der Waals surface area contributed by atoms with E-state index in [0.29, 0.717) is 17.8 Å². The third kappa shape index (κ3) is 2.36. The molecular weight excluding hydrogens is 238 g/mol. The first-order valence-electron chi connectivity index (χ1n) is 7.34. The minimum absolute atomic E-state index is 0.156. The topological polar surface area (TPSA) is 51.3 Å². The summed E-state index contributed by atoms with van der Waals surface area (Å²) in [5.74, 6) is 0.877. The van der Waals surface area contributed by atoms with Gasteiger partial charge in [0, 0.05) is 24.8 Å². The average molecular weight is 261 g/mol. The second-order valence-electron chi connectivity index (χ2n) is 6.27. The van der Waals surface area contributed by atoms with Crippen molar-refractivity contribution in [2.45, 2.75) is 51.6 Å². The molecule has 0 radical (unpaired) electrons. The van der Waals surface area contributed by atoms with Gasteiger partial charge in [0.05, 0.1) is 5.69 Å². The number of aromatic nitrogens is 1. The van der Waals surface area contributed by atoms with Crippen LogP contribution in [0.3, 0.4) is 0 Å². The van der Waals surface area contributed by atoms with Gasteiger partial charge in [0.2, 0.25) is 0 Å². The zero-order valence-corrected chi connectivity index (χ0v) is 11.8. The fourth-order valence-corrected chi connectivity index (χ4v) is 3.18. The summed E-state index contributed by atoms with van der Waals surface area (Å²) in [6.45, 7) is 5.29. The Morgan fingerprint density at radius 3 is 2.68 bits per heavy atom. The molecular formula is C15H23N3O. The minimum Gasteiger partial charge on any atom is -0.397 e. The van der Waals surface area contributed by atoms with Crippen molar-refractivity contribution in [2.75, 3.05) is 12.3 Å². The first-order chi connectivity index (χ1) is 9.06. The van der Waals surface area contributed by atoms with Crippen molar-refractivity contribution in [3.05, 3.63) is 18.0 Å². The summed E-state index contributed by atoms with van der Waals surface area (Å²) in [4.78, 5) is 14.8. The maximum Gasteiger partial charge on any atom is 0.270 e. The highest BCUT2D eigenvalue weighted by Gasteiger charge is 2.32. The predicted octanol–water partition coefficient (Wildman–Crippen LogP) is 2.67. The highest BCUT2D eigenvalue weighted by Crippen LogP contribution is 2.37. The van der Waals surface area contributed by atoms with Gasteiger partial charge in [-0.15, -0.1) is 0 Å². The number of hydrogen-bond acceptors (Lipinski definition) is 2. The standard InChI is InChI=1S/C15H23N3O/c1-10-5-6-17(11(2)7-10)15(19)14-8-12(16)9-18(14)13-3-4-13/h8-11,13H,3-7,16H2,1-2H3. The Bertz CT molecular complexity index is 490. The Kier molecular flexibility index (Phi) is 3.03. The molecule has 0 aromatic carbocycles. The molecule has 2 N–H and O–H groups in total. The van der Waals surface area contributed by atoms with Crippen LogP contribution in [0.4, 0.5) is 5.69 Å². The average Bonchev–Trinajstić information content (AvgIpc) is 3.12. The summed E-state index contributed by atoms with van der Waals surface area (Å²) in [6, 6.07) is 2.67. The second kappa shape index (κ2) is 4.58. The van der Waals surface area contributed by atoms with Crippen molar-refractivity contribution in [1.29, 1.82) is 0 Å². The van der Waals surface area contributed by atoms with E-state index in [1.165, 1.54) is 12.8 Å². The van der Waals surface area contributed by atoms with Crippen LogP contribution in [0.25, 0.3) is 0 Å². The van der Waals surface area contributed by atoms with E-state index < -0.39 is 0 Å². The number of likely N-dealkylation sites (tertiary alicyclic amines) is 1. The highest BCUT2D eigenvalue weighted by molar-refractivity contribution is 5.94. The molecule has 3 rings (SSSR count). The molecule has 0 spiro atoms. The van der Waals surface area contributed by atoms with Crippen LogP contribution >= 0.6 is 0 Å². The normalized spacial score (nSPS) is 27.6. The molecule has 1 aliphatic carbocycles. The second-order valence-corrected chi connectivity index (χ2v) is 6.27. The number of anilines is 1. The largest absolute Gasteiger partial charge is 0.397 e. The lowest BCUT2D eigenvalue weighted by molar-refractivity contribution is 0.0577. The van der Waals surface area contributed by atoms with Crippen LogP contribution in [-0.2, 0) is 0 Å². The van der Waals surface area contributed by atoms with Gasteiger partial charge in [-0.3, -0.25) is 4.79 Å². The van der Waals surface area contributed by atoms with Gasteiger partial charge in [-0.05, 0) is 44.6 Å². The number of rotatable bonds is 2.